The van der Waals surface area contributed by atoms with Gasteiger partial charge in [0.2, 0.25) is 0 Å². The molecule has 0 aromatic heterocycles. The van der Waals surface area contributed by atoms with Crippen molar-refractivity contribution in [3.05, 3.63) is 0 Å². The predicted octanol–water partition coefficient (Wildman–Crippen LogP) is 2.31. The Labute approximate surface area is 74.0 Å². The molecule has 0 fully saturated rings. The number of hydrogen-bond donors (Lipinski definition) is 3. The summed E-state index contributed by atoms with van der Waals surface area (Å²) in [5.41, 5.74) is 0. The molecular formula is C6H14S3. The number of rotatable bonds is 3. The van der Waals surface area contributed by atoms with E-state index in [4.69, 9.17) is 0 Å². The first-order chi connectivity index (χ1) is 4.04. The van der Waals surface area contributed by atoms with E-state index in [2.05, 4.69) is 51.7 Å². The molecule has 0 N–H and O–H groups in total. The van der Waals surface area contributed by atoms with Gasteiger partial charge in [-0.05, 0) is 11.7 Å². The molecule has 56 valence electrons. The van der Waals surface area contributed by atoms with E-state index in [9.17, 15) is 0 Å². The van der Waals surface area contributed by atoms with Crippen LogP contribution in [0.15, 0.2) is 0 Å². The Balaban J connectivity index is 3.38. The molecule has 0 aliphatic heterocycles. The van der Waals surface area contributed by atoms with Gasteiger partial charge in [0, 0.05) is 10.5 Å². The van der Waals surface area contributed by atoms with Gasteiger partial charge in [-0.25, -0.2) is 0 Å². The van der Waals surface area contributed by atoms with Crippen LogP contribution in [0.4, 0.5) is 0 Å². The third-order valence-corrected chi connectivity index (χ3v) is 2.60. The molecule has 0 saturated carbocycles. The molecule has 0 amide bonds. The molecule has 0 saturated heterocycles. The SMILES string of the molecule is CC(S)CC(S)C(C)S. The van der Waals surface area contributed by atoms with Crippen LogP contribution in [0.2, 0.25) is 0 Å². The van der Waals surface area contributed by atoms with Crippen molar-refractivity contribution in [3.63, 3.8) is 0 Å². The Hall–Kier alpha value is 1.05. The lowest BCUT2D eigenvalue weighted by atomic mass is 10.2. The van der Waals surface area contributed by atoms with Gasteiger partial charge >= 0.3 is 0 Å². The van der Waals surface area contributed by atoms with Crippen molar-refractivity contribution in [2.75, 3.05) is 0 Å². The molecule has 0 spiro atoms. The minimum Gasteiger partial charge on any atom is -0.176 e. The van der Waals surface area contributed by atoms with Crippen LogP contribution in [0, 0.1) is 0 Å². The van der Waals surface area contributed by atoms with Crippen LogP contribution in [0.1, 0.15) is 20.3 Å². The van der Waals surface area contributed by atoms with E-state index in [0.717, 1.165) is 6.42 Å². The molecule has 0 aliphatic carbocycles. The summed E-state index contributed by atoms with van der Waals surface area (Å²) >= 11 is 12.8. The van der Waals surface area contributed by atoms with Crippen LogP contribution < -0.4 is 0 Å². The summed E-state index contributed by atoms with van der Waals surface area (Å²) in [6.07, 6.45) is 1.02. The summed E-state index contributed by atoms with van der Waals surface area (Å²) in [5.74, 6) is 0. The van der Waals surface area contributed by atoms with Gasteiger partial charge in [0.25, 0.3) is 0 Å². The van der Waals surface area contributed by atoms with E-state index in [1.807, 2.05) is 0 Å². The number of thiol groups is 3. The van der Waals surface area contributed by atoms with Crippen LogP contribution in [-0.2, 0) is 0 Å². The first-order valence-corrected chi connectivity index (χ1v) is 4.63. The fraction of sp³-hybridized carbons (Fsp3) is 1.00. The van der Waals surface area contributed by atoms with Gasteiger partial charge in [-0.3, -0.25) is 0 Å². The topological polar surface area (TPSA) is 0 Å². The zero-order valence-corrected chi connectivity index (χ0v) is 8.46. The van der Waals surface area contributed by atoms with Crippen molar-refractivity contribution >= 4 is 37.9 Å². The second kappa shape index (κ2) is 4.80. The molecule has 3 unspecified atom stereocenters. The molecule has 0 aromatic rings. The van der Waals surface area contributed by atoms with Crippen molar-refractivity contribution in [2.45, 2.75) is 36.0 Å². The fourth-order valence-electron chi connectivity index (χ4n) is 0.546. The second-order valence-electron chi connectivity index (χ2n) is 2.39. The van der Waals surface area contributed by atoms with Gasteiger partial charge in [-0.15, -0.1) is 0 Å². The van der Waals surface area contributed by atoms with E-state index >= 15 is 0 Å². The van der Waals surface area contributed by atoms with Gasteiger partial charge in [0.15, 0.2) is 0 Å². The minimum atomic E-state index is 0.364. The molecular weight excluding hydrogens is 168 g/mol. The van der Waals surface area contributed by atoms with E-state index in [-0.39, 0.29) is 0 Å². The first kappa shape index (κ1) is 10.0. The van der Waals surface area contributed by atoms with Crippen LogP contribution in [-0.4, -0.2) is 15.7 Å². The summed E-state index contributed by atoms with van der Waals surface area (Å²) in [7, 11) is 0. The average Bonchev–Trinajstić information content (AvgIpc) is 1.63. The standard InChI is InChI=1S/C6H14S3/c1-4(7)3-6(9)5(2)8/h4-9H,3H2,1-2H3. The molecule has 9 heavy (non-hydrogen) atoms. The third kappa shape index (κ3) is 5.49. The highest BCUT2D eigenvalue weighted by atomic mass is 32.1. The Bertz CT molecular complexity index is 70.7. The van der Waals surface area contributed by atoms with Crippen molar-refractivity contribution in [1.82, 2.24) is 0 Å². The van der Waals surface area contributed by atoms with Crippen molar-refractivity contribution in [1.29, 1.82) is 0 Å². The number of hydrogen-bond acceptors (Lipinski definition) is 3. The average molecular weight is 182 g/mol. The molecule has 0 heterocycles. The fourth-order valence-corrected chi connectivity index (χ4v) is 1.38. The largest absolute Gasteiger partial charge is 0.176 e. The van der Waals surface area contributed by atoms with E-state index < -0.39 is 0 Å². The lowest BCUT2D eigenvalue weighted by Crippen LogP contribution is -2.14. The molecule has 0 aliphatic rings. The highest BCUT2D eigenvalue weighted by Gasteiger charge is 2.10. The van der Waals surface area contributed by atoms with Crippen LogP contribution >= 0.6 is 37.9 Å². The molecule has 3 heteroatoms. The summed E-state index contributed by atoms with van der Waals surface area (Å²) in [6.45, 7) is 4.12. The monoisotopic (exact) mass is 182 g/mol. The molecule has 0 bridgehead atoms. The maximum absolute atomic E-state index is 4.34. The molecule has 0 nitrogen and oxygen atoms in total. The van der Waals surface area contributed by atoms with Crippen molar-refractivity contribution in [3.8, 4) is 0 Å². The van der Waals surface area contributed by atoms with E-state index in [1.165, 1.54) is 0 Å². The molecule has 0 radical (unpaired) electrons. The quantitative estimate of drug-likeness (QED) is 0.548. The molecule has 0 aromatic carbocycles. The highest BCUT2D eigenvalue weighted by Crippen LogP contribution is 2.16. The smallest absolute Gasteiger partial charge is 0.0141 e. The molecule has 3 atom stereocenters. The summed E-state index contributed by atoms with van der Waals surface area (Å²) in [5, 5.41) is 1.17. The molecule has 0 rings (SSSR count). The van der Waals surface area contributed by atoms with Crippen LogP contribution in [0.5, 0.6) is 0 Å². The van der Waals surface area contributed by atoms with Crippen molar-refractivity contribution < 1.29 is 0 Å². The van der Waals surface area contributed by atoms with Crippen LogP contribution in [0.25, 0.3) is 0 Å². The normalized spacial score (nSPS) is 21.0. The lowest BCUT2D eigenvalue weighted by Gasteiger charge is -2.14. The summed E-state index contributed by atoms with van der Waals surface area (Å²) in [6, 6.07) is 0. The lowest BCUT2D eigenvalue weighted by molar-refractivity contribution is 0.752. The van der Waals surface area contributed by atoms with Gasteiger partial charge in [0.05, 0.1) is 0 Å². The third-order valence-electron chi connectivity index (χ3n) is 1.14. The second-order valence-corrected chi connectivity index (χ2v) is 4.75. The Kier molecular flexibility index (Phi) is 5.36. The predicted molar refractivity (Wildman–Crippen MR) is 54.3 cm³/mol. The zero-order valence-electron chi connectivity index (χ0n) is 5.78. The Morgan fingerprint density at radius 1 is 1.11 bits per heavy atom. The van der Waals surface area contributed by atoms with E-state index in [1.54, 1.807) is 0 Å². The van der Waals surface area contributed by atoms with Gasteiger partial charge in [0.1, 0.15) is 0 Å². The van der Waals surface area contributed by atoms with Gasteiger partial charge in [-0.1, -0.05) is 13.8 Å². The van der Waals surface area contributed by atoms with Crippen molar-refractivity contribution in [2.24, 2.45) is 0 Å². The Morgan fingerprint density at radius 2 is 1.56 bits per heavy atom. The maximum atomic E-state index is 4.34. The van der Waals surface area contributed by atoms with Gasteiger partial charge < -0.3 is 0 Å². The van der Waals surface area contributed by atoms with Gasteiger partial charge in [-0.2, -0.15) is 37.9 Å². The maximum Gasteiger partial charge on any atom is 0.0141 e. The minimum absolute atomic E-state index is 0.364. The summed E-state index contributed by atoms with van der Waals surface area (Å²) in [4.78, 5) is 0. The first-order valence-electron chi connectivity index (χ1n) is 3.08. The van der Waals surface area contributed by atoms with Crippen LogP contribution in [0.3, 0.4) is 0 Å². The summed E-state index contributed by atoms with van der Waals surface area (Å²) < 4.78 is 0. The zero-order chi connectivity index (χ0) is 7.44. The Morgan fingerprint density at radius 3 is 1.67 bits per heavy atom. The van der Waals surface area contributed by atoms with E-state index in [0.29, 0.717) is 15.7 Å². The highest BCUT2D eigenvalue weighted by molar-refractivity contribution is 7.85.